The van der Waals surface area contributed by atoms with Crippen LogP contribution in [0.15, 0.2) is 58.1 Å². The highest BCUT2D eigenvalue weighted by atomic mass is 32.2. The van der Waals surface area contributed by atoms with E-state index in [1.54, 1.807) is 38.4 Å². The zero-order valence-electron chi connectivity index (χ0n) is 17.1. The Bertz CT molecular complexity index is 1110. The monoisotopic (exact) mass is 427 g/mol. The molecule has 0 aliphatic carbocycles. The summed E-state index contributed by atoms with van der Waals surface area (Å²) in [6.07, 6.45) is 4.97. The lowest BCUT2D eigenvalue weighted by atomic mass is 10.1. The fraction of sp³-hybridized carbons (Fsp3) is 0.364. The summed E-state index contributed by atoms with van der Waals surface area (Å²) in [5, 5.41) is 0. The lowest BCUT2D eigenvalue weighted by molar-refractivity contribution is 0.0924. The van der Waals surface area contributed by atoms with E-state index in [4.69, 9.17) is 9.15 Å². The lowest BCUT2D eigenvalue weighted by Gasteiger charge is -2.25. The van der Waals surface area contributed by atoms with Crippen LogP contribution in [-0.2, 0) is 21.3 Å². The first-order valence-electron chi connectivity index (χ1n) is 9.98. The van der Waals surface area contributed by atoms with Crippen molar-refractivity contribution in [3.05, 3.63) is 65.9 Å². The normalized spacial score (nSPS) is 17.0. The third-order valence-corrected chi connectivity index (χ3v) is 7.16. The van der Waals surface area contributed by atoms with Gasteiger partial charge in [0.15, 0.2) is 11.7 Å². The van der Waals surface area contributed by atoms with E-state index in [1.165, 1.54) is 4.31 Å². The van der Waals surface area contributed by atoms with E-state index < -0.39 is 10.0 Å². The first-order chi connectivity index (χ1) is 14.4. The quantitative estimate of drug-likeness (QED) is 0.571. The zero-order valence-corrected chi connectivity index (χ0v) is 17.9. The van der Waals surface area contributed by atoms with Crippen LogP contribution in [0.2, 0.25) is 0 Å². The zero-order chi connectivity index (χ0) is 21.1. The number of sulfonamides is 1. The molecule has 1 fully saturated rings. The van der Waals surface area contributed by atoms with E-state index in [2.05, 4.69) is 9.97 Å². The van der Waals surface area contributed by atoms with Gasteiger partial charge in [-0.1, -0.05) is 18.2 Å². The highest BCUT2D eigenvalue weighted by Crippen LogP contribution is 2.29. The van der Waals surface area contributed by atoms with Crippen molar-refractivity contribution in [2.75, 3.05) is 13.2 Å². The lowest BCUT2D eigenvalue weighted by Crippen LogP contribution is -2.37. The van der Waals surface area contributed by atoms with E-state index in [0.29, 0.717) is 41.6 Å². The smallest absolute Gasteiger partial charge is 0.243 e. The summed E-state index contributed by atoms with van der Waals surface area (Å²) in [6, 6.07) is 10.8. The fourth-order valence-electron chi connectivity index (χ4n) is 3.60. The number of pyridine rings is 1. The first kappa shape index (κ1) is 20.7. The Morgan fingerprint density at radius 3 is 2.70 bits per heavy atom. The van der Waals surface area contributed by atoms with Crippen LogP contribution < -0.4 is 0 Å². The predicted molar refractivity (Wildman–Crippen MR) is 112 cm³/mol. The Labute approximate surface area is 176 Å². The van der Waals surface area contributed by atoms with Crippen LogP contribution >= 0.6 is 0 Å². The van der Waals surface area contributed by atoms with Crippen LogP contribution in [0.5, 0.6) is 0 Å². The Morgan fingerprint density at radius 1 is 1.17 bits per heavy atom. The minimum atomic E-state index is -3.79. The van der Waals surface area contributed by atoms with Crippen molar-refractivity contribution < 1.29 is 17.6 Å². The van der Waals surface area contributed by atoms with Gasteiger partial charge in [-0.3, -0.25) is 4.98 Å². The average molecular weight is 428 g/mol. The molecule has 3 heterocycles. The van der Waals surface area contributed by atoms with E-state index in [9.17, 15) is 8.42 Å². The average Bonchev–Trinajstić information content (AvgIpc) is 3.40. The molecule has 1 aromatic carbocycles. The summed E-state index contributed by atoms with van der Waals surface area (Å²) in [5.41, 5.74) is 2.04. The van der Waals surface area contributed by atoms with Crippen molar-refractivity contribution in [3.8, 4) is 11.3 Å². The maximum absolute atomic E-state index is 13.7. The first-order valence-corrected chi connectivity index (χ1v) is 11.4. The maximum atomic E-state index is 13.7. The SMILES string of the molecule is Cc1ncc(-c2ccc(C)c(S(=O)(=O)N(Cc3ccccn3)CC3CCCO3)c2)o1. The Kier molecular flexibility index (Phi) is 5.99. The van der Waals surface area contributed by atoms with Crippen LogP contribution in [0, 0.1) is 13.8 Å². The van der Waals surface area contributed by atoms with Gasteiger partial charge in [0, 0.05) is 31.8 Å². The molecule has 1 aliphatic rings. The van der Waals surface area contributed by atoms with Crippen molar-refractivity contribution in [2.45, 2.75) is 44.2 Å². The molecule has 1 atom stereocenters. The summed E-state index contributed by atoms with van der Waals surface area (Å²) in [7, 11) is -3.79. The summed E-state index contributed by atoms with van der Waals surface area (Å²) in [5.74, 6) is 1.07. The molecule has 3 aromatic rings. The number of aryl methyl sites for hydroxylation is 2. The molecule has 0 saturated carbocycles. The van der Waals surface area contributed by atoms with Gasteiger partial charge in [-0.05, 0) is 43.5 Å². The molecule has 158 valence electrons. The van der Waals surface area contributed by atoms with Gasteiger partial charge in [0.2, 0.25) is 10.0 Å². The third kappa shape index (κ3) is 4.45. The van der Waals surface area contributed by atoms with Gasteiger partial charge >= 0.3 is 0 Å². The second-order valence-electron chi connectivity index (χ2n) is 7.48. The molecule has 1 unspecified atom stereocenters. The second kappa shape index (κ2) is 8.67. The minimum absolute atomic E-state index is 0.108. The number of aromatic nitrogens is 2. The molecule has 0 radical (unpaired) electrons. The summed E-state index contributed by atoms with van der Waals surface area (Å²) < 4.78 is 40.3. The summed E-state index contributed by atoms with van der Waals surface area (Å²) in [6.45, 7) is 4.71. The van der Waals surface area contributed by atoms with Gasteiger partial charge in [-0.15, -0.1) is 0 Å². The Morgan fingerprint density at radius 2 is 2.03 bits per heavy atom. The number of hydrogen-bond acceptors (Lipinski definition) is 6. The molecule has 0 bridgehead atoms. The van der Waals surface area contributed by atoms with Crippen molar-refractivity contribution >= 4 is 10.0 Å². The predicted octanol–water partition coefficient (Wildman–Crippen LogP) is 3.72. The molecule has 1 saturated heterocycles. The van der Waals surface area contributed by atoms with Crippen molar-refractivity contribution in [1.29, 1.82) is 0 Å². The number of ether oxygens (including phenoxy) is 1. The van der Waals surface area contributed by atoms with Crippen LogP contribution in [-0.4, -0.2) is 41.9 Å². The van der Waals surface area contributed by atoms with Crippen LogP contribution in [0.25, 0.3) is 11.3 Å². The van der Waals surface area contributed by atoms with E-state index in [1.807, 2.05) is 24.3 Å². The largest absolute Gasteiger partial charge is 0.441 e. The van der Waals surface area contributed by atoms with Crippen LogP contribution in [0.1, 0.15) is 30.0 Å². The van der Waals surface area contributed by atoms with Gasteiger partial charge in [0.1, 0.15) is 0 Å². The van der Waals surface area contributed by atoms with Gasteiger partial charge < -0.3 is 9.15 Å². The third-order valence-electron chi connectivity index (χ3n) is 5.21. The molecule has 30 heavy (non-hydrogen) atoms. The van der Waals surface area contributed by atoms with Crippen molar-refractivity contribution in [1.82, 2.24) is 14.3 Å². The van der Waals surface area contributed by atoms with E-state index >= 15 is 0 Å². The molecule has 7 nitrogen and oxygen atoms in total. The summed E-state index contributed by atoms with van der Waals surface area (Å²) in [4.78, 5) is 8.69. The molecule has 4 rings (SSSR count). The fourth-order valence-corrected chi connectivity index (χ4v) is 5.29. The standard InChI is InChI=1S/C22H25N3O4S/c1-16-8-9-18(21-13-24-17(2)29-21)12-22(16)30(26,27)25(15-20-7-5-11-28-20)14-19-6-3-4-10-23-19/h3-4,6,8-10,12-13,20H,5,7,11,14-15H2,1-2H3. The van der Waals surface area contributed by atoms with E-state index in [0.717, 1.165) is 12.8 Å². The molecule has 8 heteroatoms. The van der Waals surface area contributed by atoms with Crippen molar-refractivity contribution in [3.63, 3.8) is 0 Å². The van der Waals surface area contributed by atoms with Gasteiger partial charge in [0.25, 0.3) is 0 Å². The number of oxazole rings is 1. The topological polar surface area (TPSA) is 85.5 Å². The number of hydrogen-bond donors (Lipinski definition) is 0. The van der Waals surface area contributed by atoms with Crippen molar-refractivity contribution in [2.24, 2.45) is 0 Å². The van der Waals surface area contributed by atoms with E-state index in [-0.39, 0.29) is 17.5 Å². The molecule has 0 amide bonds. The Hall–Kier alpha value is -2.55. The number of rotatable bonds is 7. The highest BCUT2D eigenvalue weighted by Gasteiger charge is 2.31. The van der Waals surface area contributed by atoms with Crippen LogP contribution in [0.4, 0.5) is 0 Å². The van der Waals surface area contributed by atoms with Gasteiger partial charge in [-0.25, -0.2) is 13.4 Å². The summed E-state index contributed by atoms with van der Waals surface area (Å²) >= 11 is 0. The molecular formula is C22H25N3O4S. The van der Waals surface area contributed by atoms with Gasteiger partial charge in [-0.2, -0.15) is 4.31 Å². The highest BCUT2D eigenvalue weighted by molar-refractivity contribution is 7.89. The minimum Gasteiger partial charge on any atom is -0.441 e. The molecular weight excluding hydrogens is 402 g/mol. The Balaban J connectivity index is 1.71. The second-order valence-corrected chi connectivity index (χ2v) is 9.38. The molecule has 0 spiro atoms. The number of benzene rings is 1. The molecule has 2 aromatic heterocycles. The number of nitrogens with zero attached hydrogens (tertiary/aromatic N) is 3. The maximum Gasteiger partial charge on any atom is 0.243 e. The van der Waals surface area contributed by atoms with Gasteiger partial charge in [0.05, 0.1) is 29.4 Å². The molecule has 0 N–H and O–H groups in total. The molecule has 1 aliphatic heterocycles. The van der Waals surface area contributed by atoms with Crippen LogP contribution in [0.3, 0.4) is 0 Å².